The summed E-state index contributed by atoms with van der Waals surface area (Å²) in [5.74, 6) is -2.06. The van der Waals surface area contributed by atoms with Crippen molar-refractivity contribution in [1.82, 2.24) is 10.2 Å². The molecule has 7 heteroatoms. The van der Waals surface area contributed by atoms with Crippen LogP contribution >= 0.6 is 0 Å². The lowest BCUT2D eigenvalue weighted by Gasteiger charge is -2.35. The fourth-order valence-electron chi connectivity index (χ4n) is 5.48. The maximum absolute atomic E-state index is 13.6. The zero-order valence-electron chi connectivity index (χ0n) is 23.1. The topological polar surface area (TPSA) is 110 Å². The number of nitrogens with one attached hydrogen (secondary N) is 1. The van der Waals surface area contributed by atoms with Crippen LogP contribution in [-0.4, -0.2) is 47.4 Å². The van der Waals surface area contributed by atoms with Crippen LogP contribution in [-0.2, 0) is 20.9 Å². The molecule has 0 aliphatic carbocycles. The van der Waals surface area contributed by atoms with Gasteiger partial charge in [0.25, 0.3) is 0 Å². The van der Waals surface area contributed by atoms with E-state index in [1.54, 1.807) is 18.2 Å². The van der Waals surface area contributed by atoms with Crippen LogP contribution in [0, 0.1) is 17.8 Å². The molecule has 1 aliphatic heterocycles. The minimum Gasteiger partial charge on any atom is -0.369 e. The van der Waals surface area contributed by atoms with Crippen LogP contribution < -0.4 is 11.1 Å². The zero-order valence-corrected chi connectivity index (χ0v) is 23.1. The predicted molar refractivity (Wildman–Crippen MR) is 153 cm³/mol. The number of carbonyl (C=O) groups is 4. The molecule has 2 aromatic rings. The minimum absolute atomic E-state index is 0.0393. The van der Waals surface area contributed by atoms with E-state index in [0.717, 1.165) is 31.2 Å². The van der Waals surface area contributed by atoms with E-state index in [-0.39, 0.29) is 17.6 Å². The quantitative estimate of drug-likeness (QED) is 0.228. The molecule has 0 bridgehead atoms. The third-order valence-electron chi connectivity index (χ3n) is 7.42. The molecular formula is C32H41N3O4. The van der Waals surface area contributed by atoms with Crippen molar-refractivity contribution in [3.8, 4) is 0 Å². The molecule has 7 nitrogen and oxygen atoms in total. The van der Waals surface area contributed by atoms with Crippen LogP contribution in [0.15, 0.2) is 67.3 Å². The first-order valence-corrected chi connectivity index (χ1v) is 13.8. The lowest BCUT2D eigenvalue weighted by molar-refractivity contribution is -0.136. The number of amides is 2. The summed E-state index contributed by atoms with van der Waals surface area (Å²) in [5.41, 5.74) is 6.80. The number of carbonyl (C=O) groups excluding carboxylic acids is 4. The highest BCUT2D eigenvalue weighted by Gasteiger charge is 2.40. The van der Waals surface area contributed by atoms with E-state index >= 15 is 0 Å². The molecule has 208 valence electrons. The first-order valence-electron chi connectivity index (χ1n) is 13.8. The molecule has 3 N–H and O–H groups in total. The number of aldehydes is 1. The van der Waals surface area contributed by atoms with Gasteiger partial charge in [-0.15, -0.1) is 6.58 Å². The number of rotatable bonds is 13. The third-order valence-corrected chi connectivity index (χ3v) is 7.42. The van der Waals surface area contributed by atoms with Crippen molar-refractivity contribution < 1.29 is 19.2 Å². The van der Waals surface area contributed by atoms with Crippen LogP contribution in [0.1, 0.15) is 67.4 Å². The highest BCUT2D eigenvalue weighted by Crippen LogP contribution is 2.27. The largest absolute Gasteiger partial charge is 0.369 e. The van der Waals surface area contributed by atoms with Crippen molar-refractivity contribution in [2.45, 2.75) is 58.0 Å². The normalized spacial score (nSPS) is 19.5. The summed E-state index contributed by atoms with van der Waals surface area (Å²) in [5, 5.41) is 3.04. The van der Waals surface area contributed by atoms with Crippen molar-refractivity contribution in [3.05, 3.63) is 83.9 Å². The van der Waals surface area contributed by atoms with Gasteiger partial charge in [-0.3, -0.25) is 19.3 Å². The second-order valence-electron chi connectivity index (χ2n) is 11.1. The van der Waals surface area contributed by atoms with Crippen molar-refractivity contribution in [2.24, 2.45) is 23.5 Å². The van der Waals surface area contributed by atoms with Gasteiger partial charge in [0.1, 0.15) is 11.8 Å². The Morgan fingerprint density at radius 2 is 1.77 bits per heavy atom. The van der Waals surface area contributed by atoms with E-state index in [2.05, 4.69) is 16.8 Å². The van der Waals surface area contributed by atoms with Gasteiger partial charge in [0, 0.05) is 24.2 Å². The second kappa shape index (κ2) is 14.0. The molecule has 1 unspecified atom stereocenters. The molecule has 2 amide bonds. The number of nitrogens with two attached hydrogens (primary N) is 1. The van der Waals surface area contributed by atoms with Crippen molar-refractivity contribution in [3.63, 3.8) is 0 Å². The number of nitrogens with zero attached hydrogens (tertiary/aromatic N) is 1. The van der Waals surface area contributed by atoms with Crippen LogP contribution in [0.2, 0.25) is 0 Å². The number of likely N-dealkylation sites (tertiary alicyclic amines) is 1. The summed E-state index contributed by atoms with van der Waals surface area (Å²) in [6.07, 6.45) is 5.41. The Bertz CT molecular complexity index is 1160. The Morgan fingerprint density at radius 1 is 1.05 bits per heavy atom. The molecule has 3 atom stereocenters. The lowest BCUT2D eigenvalue weighted by atomic mass is 9.81. The number of hydrogen-bond acceptors (Lipinski definition) is 5. The monoisotopic (exact) mass is 531 g/mol. The van der Waals surface area contributed by atoms with Crippen molar-refractivity contribution >= 4 is 23.9 Å². The average Bonchev–Trinajstić information content (AvgIpc) is 3.12. The molecule has 0 radical (unpaired) electrons. The van der Waals surface area contributed by atoms with Gasteiger partial charge < -0.3 is 15.8 Å². The fourth-order valence-corrected chi connectivity index (χ4v) is 5.48. The average molecular weight is 532 g/mol. The summed E-state index contributed by atoms with van der Waals surface area (Å²) in [7, 11) is 0. The Hall–Kier alpha value is -3.58. The summed E-state index contributed by atoms with van der Waals surface area (Å²) in [6, 6.07) is 16.7. The number of ketones is 1. The first kappa shape index (κ1) is 30.0. The third kappa shape index (κ3) is 8.20. The molecule has 2 aromatic carbocycles. The number of allylic oxidation sites excluding steroid dienone is 1. The summed E-state index contributed by atoms with van der Waals surface area (Å²) in [4.78, 5) is 53.5. The Morgan fingerprint density at radius 3 is 2.41 bits per heavy atom. The van der Waals surface area contributed by atoms with E-state index < -0.39 is 23.3 Å². The number of hydrogen-bond donors (Lipinski definition) is 2. The highest BCUT2D eigenvalue weighted by atomic mass is 16.2. The fraction of sp³-hybridized carbons (Fsp3) is 0.438. The highest BCUT2D eigenvalue weighted by molar-refractivity contribution is 6.09. The van der Waals surface area contributed by atoms with Crippen LogP contribution in [0.4, 0.5) is 0 Å². The maximum Gasteiger partial charge on any atom is 0.224 e. The lowest BCUT2D eigenvalue weighted by Crippen LogP contribution is -2.58. The zero-order chi connectivity index (χ0) is 28.4. The maximum atomic E-state index is 13.6. The van der Waals surface area contributed by atoms with Crippen LogP contribution in [0.5, 0.6) is 0 Å². The molecule has 39 heavy (non-hydrogen) atoms. The molecule has 1 heterocycles. The number of primary amides is 1. The van der Waals surface area contributed by atoms with Gasteiger partial charge in [-0.05, 0) is 56.2 Å². The van der Waals surface area contributed by atoms with Crippen LogP contribution in [0.3, 0.4) is 0 Å². The van der Waals surface area contributed by atoms with Crippen LogP contribution in [0.25, 0.3) is 0 Å². The van der Waals surface area contributed by atoms with Gasteiger partial charge in [-0.2, -0.15) is 0 Å². The van der Waals surface area contributed by atoms with Gasteiger partial charge in [-0.25, -0.2) is 0 Å². The Balaban J connectivity index is 1.79. The van der Waals surface area contributed by atoms with Crippen molar-refractivity contribution in [2.75, 3.05) is 13.1 Å². The minimum atomic E-state index is -1.07. The van der Waals surface area contributed by atoms with E-state index in [1.807, 2.05) is 56.3 Å². The molecule has 1 aliphatic rings. The molecule has 1 saturated heterocycles. The molecule has 1 fully saturated rings. The second-order valence-corrected chi connectivity index (χ2v) is 11.1. The van der Waals surface area contributed by atoms with E-state index in [1.165, 1.54) is 0 Å². The number of benzene rings is 2. The molecule has 0 saturated carbocycles. The smallest absolute Gasteiger partial charge is 0.224 e. The summed E-state index contributed by atoms with van der Waals surface area (Å²) < 4.78 is 0. The van der Waals surface area contributed by atoms with Crippen molar-refractivity contribution in [1.29, 1.82) is 0 Å². The SMILES string of the molecule is C=CC[C@H](C(N)=O)C(CC(C)C)C(=O)N[C@]1(C=O)CCCCN(Cc2cccc(C(=O)c3ccccc3)c2)C1. The Kier molecular flexibility index (Phi) is 10.8. The molecule has 0 spiro atoms. The molecule has 0 aromatic heterocycles. The van der Waals surface area contributed by atoms with Gasteiger partial charge in [-0.1, -0.05) is 68.5 Å². The van der Waals surface area contributed by atoms with E-state index in [9.17, 15) is 19.2 Å². The van der Waals surface area contributed by atoms with E-state index in [0.29, 0.717) is 43.5 Å². The van der Waals surface area contributed by atoms with Gasteiger partial charge in [0.05, 0.1) is 11.8 Å². The summed E-state index contributed by atoms with van der Waals surface area (Å²) in [6.45, 7) is 9.35. The standard InChI is InChI=1S/C32H41N3O4/c1-4-11-27(30(33)38)28(18-23(2)3)31(39)34-32(22-36)16-8-9-17-35(21-32)20-24-12-10-15-26(19-24)29(37)25-13-6-5-7-14-25/h4-7,10,12-15,19,22-23,27-28H,1,8-9,11,16-18,20-21H2,2-3H3,(H2,33,38)(H,34,39)/t27-,28?,32+/m0/s1. The van der Waals surface area contributed by atoms with E-state index in [4.69, 9.17) is 5.73 Å². The molecule has 3 rings (SSSR count). The first-order chi connectivity index (χ1) is 18.7. The van der Waals surface area contributed by atoms with Gasteiger partial charge in [0.2, 0.25) is 11.8 Å². The van der Waals surface area contributed by atoms with Gasteiger partial charge >= 0.3 is 0 Å². The Labute approximate surface area is 231 Å². The summed E-state index contributed by atoms with van der Waals surface area (Å²) >= 11 is 0. The molecular weight excluding hydrogens is 490 g/mol. The van der Waals surface area contributed by atoms with Gasteiger partial charge in [0.15, 0.2) is 5.78 Å². The predicted octanol–water partition coefficient (Wildman–Crippen LogP) is 4.30.